The first-order valence-corrected chi connectivity index (χ1v) is 8.25. The lowest BCUT2D eigenvalue weighted by Gasteiger charge is -2.48. The van der Waals surface area contributed by atoms with E-state index >= 15 is 0 Å². The molecule has 0 aliphatic carbocycles. The van der Waals surface area contributed by atoms with Crippen LogP contribution in [0.15, 0.2) is 18.2 Å². The Morgan fingerprint density at radius 1 is 1.14 bits per heavy atom. The third-order valence-electron chi connectivity index (χ3n) is 4.73. The second-order valence-electron chi connectivity index (χ2n) is 6.26. The average Bonchev–Trinajstić information content (AvgIpc) is 2.42. The number of rotatable bonds is 3. The predicted octanol–water partition coefficient (Wildman–Crippen LogP) is 3.14. The topological polar surface area (TPSA) is 32.3 Å². The SMILES string of the molecule is O=C(CCc1cc(Cl)cc(Cl)c1)N1CCC2(CC1)CNC2. The maximum Gasteiger partial charge on any atom is 0.222 e. The zero-order chi connectivity index (χ0) is 14.9. The van der Waals surface area contributed by atoms with Gasteiger partial charge in [-0.05, 0) is 48.4 Å². The fourth-order valence-corrected chi connectivity index (χ4v) is 3.80. The number of carbonyl (C=O) groups is 1. The van der Waals surface area contributed by atoms with Gasteiger partial charge < -0.3 is 10.2 Å². The molecular weight excluding hydrogens is 307 g/mol. The number of nitrogens with one attached hydrogen (secondary N) is 1. The molecule has 0 atom stereocenters. The number of hydrogen-bond acceptors (Lipinski definition) is 2. The van der Waals surface area contributed by atoms with Gasteiger partial charge in [0.05, 0.1) is 0 Å². The quantitative estimate of drug-likeness (QED) is 0.925. The van der Waals surface area contributed by atoms with Gasteiger partial charge in [-0.15, -0.1) is 0 Å². The van der Waals surface area contributed by atoms with Crippen LogP contribution in [0.3, 0.4) is 0 Å². The zero-order valence-electron chi connectivity index (χ0n) is 12.0. The zero-order valence-corrected chi connectivity index (χ0v) is 13.5. The van der Waals surface area contributed by atoms with E-state index in [1.807, 2.05) is 17.0 Å². The second kappa shape index (κ2) is 6.15. The summed E-state index contributed by atoms with van der Waals surface area (Å²) in [6.07, 6.45) is 3.49. The molecule has 1 spiro atoms. The highest BCUT2D eigenvalue weighted by atomic mass is 35.5. The van der Waals surface area contributed by atoms with E-state index in [4.69, 9.17) is 23.2 Å². The number of piperidine rings is 1. The number of amides is 1. The monoisotopic (exact) mass is 326 g/mol. The van der Waals surface area contributed by atoms with Crippen LogP contribution in [0.5, 0.6) is 0 Å². The molecule has 2 heterocycles. The fourth-order valence-electron chi connectivity index (χ4n) is 3.23. The normalized spacial score (nSPS) is 20.4. The molecule has 1 aromatic rings. The molecular formula is C16H20Cl2N2O. The minimum atomic E-state index is 0.244. The van der Waals surface area contributed by atoms with Crippen molar-refractivity contribution >= 4 is 29.1 Å². The molecule has 0 radical (unpaired) electrons. The summed E-state index contributed by atoms with van der Waals surface area (Å²) < 4.78 is 0. The third-order valence-corrected chi connectivity index (χ3v) is 5.16. The van der Waals surface area contributed by atoms with Gasteiger partial charge in [0, 0.05) is 42.6 Å². The van der Waals surface area contributed by atoms with Crippen molar-refractivity contribution in [1.82, 2.24) is 10.2 Å². The standard InChI is InChI=1S/C16H20Cl2N2O/c17-13-7-12(8-14(18)9-13)1-2-15(21)20-5-3-16(4-6-20)10-19-11-16/h7-9,19H,1-6,10-11H2. The van der Waals surface area contributed by atoms with Crippen molar-refractivity contribution in [2.75, 3.05) is 26.2 Å². The molecule has 21 heavy (non-hydrogen) atoms. The van der Waals surface area contributed by atoms with Gasteiger partial charge in [0.2, 0.25) is 5.91 Å². The van der Waals surface area contributed by atoms with E-state index in [9.17, 15) is 4.79 Å². The van der Waals surface area contributed by atoms with Gasteiger partial charge in [0.25, 0.3) is 0 Å². The van der Waals surface area contributed by atoms with Crippen molar-refractivity contribution in [2.45, 2.75) is 25.7 Å². The van der Waals surface area contributed by atoms with Crippen LogP contribution < -0.4 is 5.32 Å². The molecule has 0 saturated carbocycles. The highest BCUT2D eigenvalue weighted by Gasteiger charge is 2.40. The summed E-state index contributed by atoms with van der Waals surface area (Å²) in [6, 6.07) is 5.48. The van der Waals surface area contributed by atoms with Gasteiger partial charge in [-0.3, -0.25) is 4.79 Å². The maximum absolute atomic E-state index is 12.3. The van der Waals surface area contributed by atoms with Crippen molar-refractivity contribution in [3.8, 4) is 0 Å². The highest BCUT2D eigenvalue weighted by Crippen LogP contribution is 2.35. The Bertz CT molecular complexity index is 513. The number of hydrogen-bond donors (Lipinski definition) is 1. The molecule has 0 bridgehead atoms. The summed E-state index contributed by atoms with van der Waals surface area (Å²) in [6.45, 7) is 4.04. The number of aryl methyl sites for hydroxylation is 1. The summed E-state index contributed by atoms with van der Waals surface area (Å²) in [5.74, 6) is 0.244. The summed E-state index contributed by atoms with van der Waals surface area (Å²) in [5.41, 5.74) is 1.51. The van der Waals surface area contributed by atoms with Crippen LogP contribution in [0.2, 0.25) is 10.0 Å². The average molecular weight is 327 g/mol. The van der Waals surface area contributed by atoms with Crippen LogP contribution in [-0.2, 0) is 11.2 Å². The lowest BCUT2D eigenvalue weighted by atomic mass is 9.73. The van der Waals surface area contributed by atoms with Crippen LogP contribution in [0.25, 0.3) is 0 Å². The molecule has 2 aliphatic rings. The molecule has 114 valence electrons. The minimum absolute atomic E-state index is 0.244. The molecule has 1 N–H and O–H groups in total. The van der Waals surface area contributed by atoms with Crippen LogP contribution in [0.1, 0.15) is 24.8 Å². The summed E-state index contributed by atoms with van der Waals surface area (Å²) in [7, 11) is 0. The smallest absolute Gasteiger partial charge is 0.222 e. The molecule has 3 nitrogen and oxygen atoms in total. The second-order valence-corrected chi connectivity index (χ2v) is 7.13. The van der Waals surface area contributed by atoms with Crippen LogP contribution in [0, 0.1) is 5.41 Å². The number of halogens is 2. The van der Waals surface area contributed by atoms with Gasteiger partial charge in [-0.2, -0.15) is 0 Å². The lowest BCUT2D eigenvalue weighted by Crippen LogP contribution is -2.58. The van der Waals surface area contributed by atoms with Gasteiger partial charge in [0.1, 0.15) is 0 Å². The summed E-state index contributed by atoms with van der Waals surface area (Å²) in [5, 5.41) is 4.60. The van der Waals surface area contributed by atoms with Gasteiger partial charge in [-0.1, -0.05) is 23.2 Å². The lowest BCUT2D eigenvalue weighted by molar-refractivity contribution is -0.134. The van der Waals surface area contributed by atoms with Crippen LogP contribution in [0.4, 0.5) is 0 Å². The number of benzene rings is 1. The van der Waals surface area contributed by atoms with E-state index in [-0.39, 0.29) is 5.91 Å². The predicted molar refractivity (Wildman–Crippen MR) is 85.9 cm³/mol. The Morgan fingerprint density at radius 2 is 1.76 bits per heavy atom. The number of likely N-dealkylation sites (tertiary alicyclic amines) is 1. The first-order valence-electron chi connectivity index (χ1n) is 7.50. The molecule has 2 aliphatic heterocycles. The number of carbonyl (C=O) groups excluding carboxylic acids is 1. The molecule has 3 rings (SSSR count). The molecule has 1 amide bonds. The van der Waals surface area contributed by atoms with E-state index in [0.717, 1.165) is 44.6 Å². The van der Waals surface area contributed by atoms with Crippen LogP contribution >= 0.6 is 23.2 Å². The van der Waals surface area contributed by atoms with Gasteiger partial charge >= 0.3 is 0 Å². The Kier molecular flexibility index (Phi) is 4.43. The van der Waals surface area contributed by atoms with Crippen molar-refractivity contribution in [3.63, 3.8) is 0 Å². The van der Waals surface area contributed by atoms with E-state index in [0.29, 0.717) is 28.3 Å². The van der Waals surface area contributed by atoms with E-state index in [2.05, 4.69) is 5.32 Å². The van der Waals surface area contributed by atoms with Gasteiger partial charge in [0.15, 0.2) is 0 Å². The van der Waals surface area contributed by atoms with E-state index < -0.39 is 0 Å². The van der Waals surface area contributed by atoms with Crippen LogP contribution in [-0.4, -0.2) is 37.0 Å². The Morgan fingerprint density at radius 3 is 2.29 bits per heavy atom. The first kappa shape index (κ1) is 15.1. The maximum atomic E-state index is 12.3. The largest absolute Gasteiger partial charge is 0.343 e. The van der Waals surface area contributed by atoms with E-state index in [1.165, 1.54) is 0 Å². The Hall–Kier alpha value is -0.770. The summed E-state index contributed by atoms with van der Waals surface area (Å²) in [4.78, 5) is 14.3. The fraction of sp³-hybridized carbons (Fsp3) is 0.562. The molecule has 1 aromatic carbocycles. The molecule has 5 heteroatoms. The molecule has 2 saturated heterocycles. The molecule has 0 aromatic heterocycles. The van der Waals surface area contributed by atoms with E-state index in [1.54, 1.807) is 6.07 Å². The minimum Gasteiger partial charge on any atom is -0.343 e. The van der Waals surface area contributed by atoms with Crippen molar-refractivity contribution in [3.05, 3.63) is 33.8 Å². The first-order chi connectivity index (χ1) is 10.1. The number of nitrogens with zero attached hydrogens (tertiary/aromatic N) is 1. The Balaban J connectivity index is 1.50. The molecule has 0 unspecified atom stereocenters. The van der Waals surface area contributed by atoms with Crippen molar-refractivity contribution < 1.29 is 4.79 Å². The molecule has 2 fully saturated rings. The third kappa shape index (κ3) is 3.53. The Labute approximate surface area is 135 Å². The van der Waals surface area contributed by atoms with Gasteiger partial charge in [-0.25, -0.2) is 0 Å². The van der Waals surface area contributed by atoms with Crippen molar-refractivity contribution in [1.29, 1.82) is 0 Å². The summed E-state index contributed by atoms with van der Waals surface area (Å²) >= 11 is 12.0. The van der Waals surface area contributed by atoms with Crippen molar-refractivity contribution in [2.24, 2.45) is 5.41 Å². The highest BCUT2D eigenvalue weighted by molar-refractivity contribution is 6.34.